The van der Waals surface area contributed by atoms with E-state index >= 15 is 0 Å². The molecular weight excluding hydrogens is 408 g/mol. The van der Waals surface area contributed by atoms with Gasteiger partial charge in [-0.25, -0.2) is 9.37 Å². The molecule has 0 spiro atoms. The van der Waals surface area contributed by atoms with Gasteiger partial charge in [-0.05, 0) is 28.7 Å². The summed E-state index contributed by atoms with van der Waals surface area (Å²) in [6, 6.07) is 3.19. The summed E-state index contributed by atoms with van der Waals surface area (Å²) < 4.78 is 16.2. The molecule has 0 saturated carbocycles. The number of imidazole rings is 1. The molecule has 7 heteroatoms. The minimum atomic E-state index is -0.277. The first kappa shape index (κ1) is 16.5. The highest BCUT2D eigenvalue weighted by atomic mass is 127. The van der Waals surface area contributed by atoms with Crippen molar-refractivity contribution >= 4 is 51.1 Å². The van der Waals surface area contributed by atoms with Crippen molar-refractivity contribution in [3.05, 3.63) is 27.3 Å². The Balaban J connectivity index is 2.40. The van der Waals surface area contributed by atoms with E-state index in [4.69, 9.17) is 11.6 Å². The van der Waals surface area contributed by atoms with Crippen LogP contribution in [0.3, 0.4) is 0 Å². The van der Waals surface area contributed by atoms with Crippen molar-refractivity contribution in [3.8, 4) is 0 Å². The second-order valence-electron chi connectivity index (χ2n) is 4.91. The fraction of sp³-hybridized carbons (Fsp3) is 0.429. The maximum atomic E-state index is 13.8. The van der Waals surface area contributed by atoms with Gasteiger partial charge >= 0.3 is 0 Å². The Kier molecular flexibility index (Phi) is 5.43. The van der Waals surface area contributed by atoms with E-state index in [2.05, 4.69) is 4.98 Å². The van der Waals surface area contributed by atoms with Crippen LogP contribution >= 0.6 is 34.2 Å². The minimum absolute atomic E-state index is 0.0275. The third kappa shape index (κ3) is 3.66. The lowest BCUT2D eigenvalue weighted by Gasteiger charge is -2.12. The molecule has 1 aromatic heterocycles. The van der Waals surface area contributed by atoms with Crippen molar-refractivity contribution in [2.75, 3.05) is 20.0 Å². The number of fused-ring (bicyclic) bond motifs is 1. The molecule has 0 bridgehead atoms. The van der Waals surface area contributed by atoms with Crippen LogP contribution in [0.1, 0.15) is 12.2 Å². The normalized spacial score (nSPS) is 11.1. The summed E-state index contributed by atoms with van der Waals surface area (Å²) in [6.07, 6.45) is 0.936. The number of carbonyl (C=O) groups is 1. The van der Waals surface area contributed by atoms with E-state index in [9.17, 15) is 9.18 Å². The summed E-state index contributed by atoms with van der Waals surface area (Å²) in [6.45, 7) is 0.472. The molecule has 2 rings (SSSR count). The van der Waals surface area contributed by atoms with Crippen LogP contribution in [-0.2, 0) is 17.8 Å². The van der Waals surface area contributed by atoms with E-state index < -0.39 is 0 Å². The van der Waals surface area contributed by atoms with Gasteiger partial charge in [0, 0.05) is 45.4 Å². The fourth-order valence-electron chi connectivity index (χ4n) is 2.13. The molecule has 0 fully saturated rings. The Morgan fingerprint density at radius 2 is 2.19 bits per heavy atom. The second-order valence-corrected chi connectivity index (χ2v) is 6.45. The van der Waals surface area contributed by atoms with Gasteiger partial charge in [-0.1, -0.05) is 0 Å². The summed E-state index contributed by atoms with van der Waals surface area (Å²) >= 11 is 7.75. The van der Waals surface area contributed by atoms with Crippen LogP contribution in [0.2, 0.25) is 0 Å². The Hall–Kier alpha value is -0.890. The predicted octanol–water partition coefficient (Wildman–Crippen LogP) is 3.04. The number of hydrogen-bond acceptors (Lipinski definition) is 2. The van der Waals surface area contributed by atoms with E-state index in [-0.39, 0.29) is 11.7 Å². The number of halogens is 3. The highest BCUT2D eigenvalue weighted by molar-refractivity contribution is 14.1. The lowest BCUT2D eigenvalue weighted by molar-refractivity contribution is -0.128. The molecule has 2 aromatic rings. The first-order valence-corrected chi connectivity index (χ1v) is 8.15. The molecule has 1 heterocycles. The largest absolute Gasteiger partial charge is 0.349 e. The summed E-state index contributed by atoms with van der Waals surface area (Å²) in [5, 5.41) is 0. The van der Waals surface area contributed by atoms with Crippen molar-refractivity contribution in [2.45, 2.75) is 19.4 Å². The number of aromatic nitrogens is 2. The van der Waals surface area contributed by atoms with Gasteiger partial charge in [0.1, 0.15) is 11.6 Å². The number of benzene rings is 1. The Morgan fingerprint density at radius 3 is 2.81 bits per heavy atom. The third-order valence-corrected chi connectivity index (χ3v) is 4.25. The van der Waals surface area contributed by atoms with Crippen LogP contribution in [0.5, 0.6) is 0 Å². The van der Waals surface area contributed by atoms with Gasteiger partial charge < -0.3 is 9.47 Å². The number of aryl methyl sites for hydroxylation is 2. The fourth-order valence-corrected chi connectivity index (χ4v) is 2.75. The van der Waals surface area contributed by atoms with Gasteiger partial charge in [0.15, 0.2) is 0 Å². The van der Waals surface area contributed by atoms with Crippen LogP contribution in [0.15, 0.2) is 12.1 Å². The zero-order valence-electron chi connectivity index (χ0n) is 11.9. The Labute approximate surface area is 141 Å². The SMILES string of the molecule is CN(C)C(=O)CCn1c(CCCl)nc2cc(I)c(F)cc21. The number of nitrogens with zero attached hydrogens (tertiary/aromatic N) is 3. The zero-order valence-corrected chi connectivity index (χ0v) is 14.8. The molecule has 0 saturated heterocycles. The van der Waals surface area contributed by atoms with Crippen LogP contribution in [0, 0.1) is 9.39 Å². The summed E-state index contributed by atoms with van der Waals surface area (Å²) in [5.41, 5.74) is 1.44. The number of hydrogen-bond donors (Lipinski definition) is 0. The van der Waals surface area contributed by atoms with Crippen LogP contribution < -0.4 is 0 Å². The van der Waals surface area contributed by atoms with Gasteiger partial charge in [-0.3, -0.25) is 4.79 Å². The third-order valence-electron chi connectivity index (χ3n) is 3.24. The van der Waals surface area contributed by atoms with Crippen molar-refractivity contribution in [1.29, 1.82) is 0 Å². The standard InChI is InChI=1S/C14H16ClFIN3O/c1-19(2)14(21)4-6-20-12-7-9(16)10(17)8-11(12)18-13(20)3-5-15/h7-8H,3-6H2,1-2H3. The molecule has 0 unspecified atom stereocenters. The lowest BCUT2D eigenvalue weighted by atomic mass is 10.3. The molecule has 0 aliphatic heterocycles. The van der Waals surface area contributed by atoms with Crippen molar-refractivity contribution in [2.24, 2.45) is 0 Å². The molecular formula is C14H16ClFIN3O. The Morgan fingerprint density at radius 1 is 1.48 bits per heavy atom. The molecule has 0 atom stereocenters. The molecule has 21 heavy (non-hydrogen) atoms. The van der Waals surface area contributed by atoms with Crippen molar-refractivity contribution in [3.63, 3.8) is 0 Å². The quantitative estimate of drug-likeness (QED) is 0.548. The topological polar surface area (TPSA) is 38.1 Å². The lowest BCUT2D eigenvalue weighted by Crippen LogP contribution is -2.23. The Bertz CT molecular complexity index is 672. The average molecular weight is 424 g/mol. The van der Waals surface area contributed by atoms with Crippen LogP contribution in [0.4, 0.5) is 4.39 Å². The monoisotopic (exact) mass is 423 g/mol. The van der Waals surface area contributed by atoms with Gasteiger partial charge in [0.05, 0.1) is 14.6 Å². The zero-order chi connectivity index (χ0) is 15.6. The smallest absolute Gasteiger partial charge is 0.223 e. The first-order chi connectivity index (χ1) is 9.93. The summed E-state index contributed by atoms with van der Waals surface area (Å²) in [4.78, 5) is 17.8. The van der Waals surface area contributed by atoms with E-state index in [1.165, 1.54) is 6.07 Å². The maximum absolute atomic E-state index is 13.8. The number of carbonyl (C=O) groups excluding carboxylic acids is 1. The van der Waals surface area contributed by atoms with Gasteiger partial charge in [-0.15, -0.1) is 11.6 Å². The highest BCUT2D eigenvalue weighted by Crippen LogP contribution is 2.23. The van der Waals surface area contributed by atoms with Gasteiger partial charge in [-0.2, -0.15) is 0 Å². The van der Waals surface area contributed by atoms with E-state index in [0.29, 0.717) is 34.4 Å². The number of alkyl halides is 1. The molecule has 1 aromatic carbocycles. The van der Waals surface area contributed by atoms with Crippen LogP contribution in [-0.4, -0.2) is 40.3 Å². The highest BCUT2D eigenvalue weighted by Gasteiger charge is 2.14. The average Bonchev–Trinajstić information content (AvgIpc) is 2.74. The van der Waals surface area contributed by atoms with Gasteiger partial charge in [0.25, 0.3) is 0 Å². The number of amides is 1. The molecule has 0 aliphatic carbocycles. The predicted molar refractivity (Wildman–Crippen MR) is 90.1 cm³/mol. The summed E-state index contributed by atoms with van der Waals surface area (Å²) in [5.74, 6) is 0.970. The molecule has 0 aliphatic rings. The van der Waals surface area contributed by atoms with Crippen LogP contribution in [0.25, 0.3) is 11.0 Å². The van der Waals surface area contributed by atoms with E-state index in [0.717, 1.165) is 11.3 Å². The van der Waals surface area contributed by atoms with Crippen molar-refractivity contribution < 1.29 is 9.18 Å². The van der Waals surface area contributed by atoms with Gasteiger partial charge in [0.2, 0.25) is 5.91 Å². The van der Waals surface area contributed by atoms with Crippen molar-refractivity contribution in [1.82, 2.24) is 14.5 Å². The molecule has 0 N–H and O–H groups in total. The maximum Gasteiger partial charge on any atom is 0.223 e. The summed E-state index contributed by atoms with van der Waals surface area (Å²) in [7, 11) is 3.44. The molecule has 114 valence electrons. The minimum Gasteiger partial charge on any atom is -0.349 e. The number of rotatable bonds is 5. The second kappa shape index (κ2) is 6.91. The molecule has 0 radical (unpaired) electrons. The molecule has 1 amide bonds. The first-order valence-electron chi connectivity index (χ1n) is 6.54. The van der Waals surface area contributed by atoms with E-state index in [1.54, 1.807) is 25.1 Å². The van der Waals surface area contributed by atoms with E-state index in [1.807, 2.05) is 27.2 Å². The molecule has 4 nitrogen and oxygen atoms in total.